The number of aryl methyl sites for hydroxylation is 2. The summed E-state index contributed by atoms with van der Waals surface area (Å²) in [6.07, 6.45) is 4.83. The number of aromatic nitrogens is 1. The number of aliphatic hydroxyl groups is 1. The largest absolute Gasteiger partial charge is 0.512 e. The number of halogens is 1. The van der Waals surface area contributed by atoms with Gasteiger partial charge in [0.1, 0.15) is 16.5 Å². The number of rotatable bonds is 5. The van der Waals surface area contributed by atoms with Crippen LogP contribution < -0.4 is 4.74 Å². The third-order valence-electron chi connectivity index (χ3n) is 6.00. The number of carbonyl (C=O) groups is 1. The molecule has 1 atom stereocenters. The first-order chi connectivity index (χ1) is 14.4. The molecule has 1 aromatic carbocycles. The van der Waals surface area contributed by atoms with Crippen LogP contribution in [-0.2, 0) is 9.53 Å². The highest BCUT2D eigenvalue weighted by Crippen LogP contribution is 2.41. The van der Waals surface area contributed by atoms with E-state index >= 15 is 0 Å². The molecule has 4 rings (SSSR count). The lowest BCUT2D eigenvalue weighted by molar-refractivity contribution is -0.117. The Hall–Kier alpha value is -2.37. The number of hydrogen-bond acceptors (Lipinski definition) is 5. The maximum atomic E-state index is 13.2. The first-order valence-electron chi connectivity index (χ1n) is 10.4. The maximum Gasteiger partial charge on any atom is 0.238 e. The summed E-state index contributed by atoms with van der Waals surface area (Å²) >= 11 is 6.14. The molecule has 5 nitrogen and oxygen atoms in total. The van der Waals surface area contributed by atoms with Crippen molar-refractivity contribution in [2.45, 2.75) is 39.5 Å². The zero-order valence-electron chi connectivity index (χ0n) is 17.3. The van der Waals surface area contributed by atoms with Crippen molar-refractivity contribution in [1.82, 2.24) is 4.98 Å². The van der Waals surface area contributed by atoms with Crippen LogP contribution in [0.1, 0.15) is 42.4 Å². The zero-order chi connectivity index (χ0) is 21.3. The third kappa shape index (κ3) is 4.23. The molecule has 0 saturated carbocycles. The maximum absolute atomic E-state index is 13.2. The Morgan fingerprint density at radius 2 is 1.93 bits per heavy atom. The second-order valence-electron chi connectivity index (χ2n) is 8.20. The first-order valence-corrected chi connectivity index (χ1v) is 10.8. The Bertz CT molecular complexity index is 971. The minimum absolute atomic E-state index is 0.0478. The van der Waals surface area contributed by atoms with E-state index in [-0.39, 0.29) is 17.5 Å². The molecule has 30 heavy (non-hydrogen) atoms. The van der Waals surface area contributed by atoms with Crippen molar-refractivity contribution in [2.75, 3.05) is 13.2 Å². The van der Waals surface area contributed by atoms with Crippen molar-refractivity contribution >= 4 is 23.0 Å². The van der Waals surface area contributed by atoms with Crippen molar-refractivity contribution in [3.05, 3.63) is 57.9 Å². The summed E-state index contributed by atoms with van der Waals surface area (Å²) in [6.45, 7) is 5.37. The molecule has 0 bridgehead atoms. The monoisotopic (exact) mass is 427 g/mol. The minimum atomic E-state index is -0.148. The molecule has 1 aliphatic heterocycles. The van der Waals surface area contributed by atoms with E-state index in [0.29, 0.717) is 34.6 Å². The Morgan fingerprint density at radius 3 is 2.60 bits per heavy atom. The summed E-state index contributed by atoms with van der Waals surface area (Å²) < 4.78 is 11.3. The molecular weight excluding hydrogens is 402 g/mol. The normalized spacial score (nSPS) is 20.1. The van der Waals surface area contributed by atoms with Crippen LogP contribution in [0.15, 0.2) is 36.2 Å². The number of nitrogens with zero attached hydrogens (tertiary/aromatic N) is 1. The fraction of sp³-hybridized carbons (Fsp3) is 0.417. The number of aliphatic hydroxyl groups excluding tert-OH is 1. The summed E-state index contributed by atoms with van der Waals surface area (Å²) in [6, 6.07) is 7.17. The molecule has 1 N–H and O–H groups in total. The average Bonchev–Trinajstić information content (AvgIpc) is 2.98. The molecule has 1 unspecified atom stereocenters. The van der Waals surface area contributed by atoms with Gasteiger partial charge in [0, 0.05) is 31.7 Å². The highest BCUT2D eigenvalue weighted by atomic mass is 35.5. The molecule has 0 spiro atoms. The van der Waals surface area contributed by atoms with E-state index in [0.717, 1.165) is 49.2 Å². The number of Topliss-reactive ketones (excluding diaryl/α,β-unsaturated/α-hetero) is 1. The highest BCUT2D eigenvalue weighted by molar-refractivity contribution is 6.31. The van der Waals surface area contributed by atoms with Gasteiger partial charge in [-0.25, -0.2) is 4.98 Å². The average molecular weight is 428 g/mol. The van der Waals surface area contributed by atoms with E-state index in [1.54, 1.807) is 18.3 Å². The topological polar surface area (TPSA) is 68.7 Å². The van der Waals surface area contributed by atoms with Crippen molar-refractivity contribution in [2.24, 2.45) is 11.8 Å². The Kier molecular flexibility index (Phi) is 6.11. The molecule has 0 amide bonds. The molecule has 1 saturated heterocycles. The van der Waals surface area contributed by atoms with Gasteiger partial charge in [0.25, 0.3) is 0 Å². The van der Waals surface area contributed by atoms with Crippen LogP contribution in [-0.4, -0.2) is 29.1 Å². The van der Waals surface area contributed by atoms with Crippen LogP contribution >= 0.6 is 11.6 Å². The lowest BCUT2D eigenvalue weighted by Gasteiger charge is -2.24. The molecule has 6 heteroatoms. The number of pyridine rings is 1. The van der Waals surface area contributed by atoms with Gasteiger partial charge in [-0.05, 0) is 80.0 Å². The van der Waals surface area contributed by atoms with Crippen molar-refractivity contribution < 1.29 is 19.4 Å². The van der Waals surface area contributed by atoms with Gasteiger partial charge in [0.05, 0.1) is 5.57 Å². The minimum Gasteiger partial charge on any atom is -0.512 e. The van der Waals surface area contributed by atoms with E-state index < -0.39 is 0 Å². The van der Waals surface area contributed by atoms with Crippen LogP contribution in [0.2, 0.25) is 5.02 Å². The Morgan fingerprint density at radius 1 is 1.23 bits per heavy atom. The molecule has 158 valence electrons. The SMILES string of the molecule is Cc1cc(Oc2ncccc2Cl)cc(C)c1C1=C(O)CC(CC2CCOCC2)C1=O. The molecule has 0 radical (unpaired) electrons. The summed E-state index contributed by atoms with van der Waals surface area (Å²) in [5, 5.41) is 11.1. The van der Waals surface area contributed by atoms with Gasteiger partial charge >= 0.3 is 0 Å². The molecular formula is C24H26ClNO4. The Balaban J connectivity index is 1.56. The number of carbonyl (C=O) groups excluding carboxylic acids is 1. The van der Waals surface area contributed by atoms with Gasteiger partial charge in [0.2, 0.25) is 5.88 Å². The summed E-state index contributed by atoms with van der Waals surface area (Å²) in [5.74, 6) is 1.52. The number of benzene rings is 1. The predicted octanol–water partition coefficient (Wildman–Crippen LogP) is 5.82. The van der Waals surface area contributed by atoms with Crippen LogP contribution in [0.4, 0.5) is 0 Å². The molecule has 1 aliphatic carbocycles. The summed E-state index contributed by atoms with van der Waals surface area (Å²) in [7, 11) is 0. The third-order valence-corrected chi connectivity index (χ3v) is 6.29. The summed E-state index contributed by atoms with van der Waals surface area (Å²) in [5.41, 5.74) is 3.01. The quantitative estimate of drug-likeness (QED) is 0.651. The molecule has 2 aliphatic rings. The lowest BCUT2D eigenvalue weighted by Crippen LogP contribution is -2.21. The van der Waals surface area contributed by atoms with E-state index in [2.05, 4.69) is 4.98 Å². The van der Waals surface area contributed by atoms with E-state index in [9.17, 15) is 9.90 Å². The fourth-order valence-corrected chi connectivity index (χ4v) is 4.71. The predicted molar refractivity (Wildman–Crippen MR) is 116 cm³/mol. The second-order valence-corrected chi connectivity index (χ2v) is 8.61. The van der Waals surface area contributed by atoms with Crippen LogP contribution in [0.5, 0.6) is 11.6 Å². The first kappa shape index (κ1) is 20.9. The van der Waals surface area contributed by atoms with E-state index in [1.165, 1.54) is 0 Å². The van der Waals surface area contributed by atoms with Crippen molar-refractivity contribution in [3.63, 3.8) is 0 Å². The van der Waals surface area contributed by atoms with Gasteiger partial charge in [-0.2, -0.15) is 0 Å². The fourth-order valence-electron chi connectivity index (χ4n) is 4.55. The van der Waals surface area contributed by atoms with Crippen LogP contribution in [0.25, 0.3) is 5.57 Å². The van der Waals surface area contributed by atoms with Crippen LogP contribution in [0, 0.1) is 25.7 Å². The van der Waals surface area contributed by atoms with Crippen molar-refractivity contribution in [3.8, 4) is 11.6 Å². The number of hydrogen-bond donors (Lipinski definition) is 1. The van der Waals surface area contributed by atoms with Gasteiger partial charge in [-0.3, -0.25) is 4.79 Å². The Labute approximate surface area is 181 Å². The van der Waals surface area contributed by atoms with Gasteiger partial charge in [-0.1, -0.05) is 11.6 Å². The molecule has 1 aromatic heterocycles. The summed E-state index contributed by atoms with van der Waals surface area (Å²) in [4.78, 5) is 17.4. The van der Waals surface area contributed by atoms with Gasteiger partial charge in [-0.15, -0.1) is 0 Å². The van der Waals surface area contributed by atoms with E-state index in [4.69, 9.17) is 21.1 Å². The van der Waals surface area contributed by atoms with Gasteiger partial charge in [0.15, 0.2) is 5.78 Å². The van der Waals surface area contributed by atoms with E-state index in [1.807, 2.05) is 26.0 Å². The van der Waals surface area contributed by atoms with Gasteiger partial charge < -0.3 is 14.6 Å². The highest BCUT2D eigenvalue weighted by Gasteiger charge is 2.37. The van der Waals surface area contributed by atoms with Crippen molar-refractivity contribution in [1.29, 1.82) is 0 Å². The number of ether oxygens (including phenoxy) is 2. The molecule has 2 aromatic rings. The zero-order valence-corrected chi connectivity index (χ0v) is 18.0. The smallest absolute Gasteiger partial charge is 0.238 e. The van der Waals surface area contributed by atoms with Crippen LogP contribution in [0.3, 0.4) is 0 Å². The second kappa shape index (κ2) is 8.78. The number of ketones is 1. The lowest BCUT2D eigenvalue weighted by atomic mass is 9.85. The standard InChI is InChI=1S/C24H26ClNO4/c1-14-10-18(30-24-19(25)4-3-7-26-24)11-15(2)21(14)22-20(27)13-17(23(22)28)12-16-5-8-29-9-6-16/h3-4,7,10-11,16-17,27H,5-6,8-9,12-13H2,1-2H3. The molecule has 1 fully saturated rings. The number of allylic oxidation sites excluding steroid dienone is 2. The molecule has 2 heterocycles.